The van der Waals surface area contributed by atoms with E-state index in [1.165, 1.54) is 6.07 Å². The number of hydrogen-bond donors (Lipinski definition) is 2. The zero-order chi connectivity index (χ0) is 20.6. The van der Waals surface area contributed by atoms with Crippen LogP contribution >= 0.6 is 24.0 Å². The first kappa shape index (κ1) is 23.8. The zero-order valence-corrected chi connectivity index (χ0v) is 18.9. The predicted octanol–water partition coefficient (Wildman–Crippen LogP) is 3.90. The van der Waals surface area contributed by atoms with E-state index in [1.807, 2.05) is 31.2 Å². The number of nitrogens with zero attached hydrogens (tertiary/aromatic N) is 1. The number of alkyl halides is 2. The van der Waals surface area contributed by atoms with Gasteiger partial charge in [-0.1, -0.05) is 18.2 Å². The summed E-state index contributed by atoms with van der Waals surface area (Å²) >= 11 is 0. The van der Waals surface area contributed by atoms with Crippen LogP contribution in [-0.2, 0) is 13.1 Å². The molecular formula is C20H24F2IN3O4. The third-order valence-corrected chi connectivity index (χ3v) is 4.16. The Labute approximate surface area is 190 Å². The number of ether oxygens (including phenoxy) is 4. The van der Waals surface area contributed by atoms with Gasteiger partial charge in [-0.3, -0.25) is 4.99 Å². The van der Waals surface area contributed by atoms with Crippen LogP contribution in [-0.4, -0.2) is 33.0 Å². The standard InChI is InChI=1S/C20H23F2N3O4.HI/c1-3-26-15-7-5-4-6-13(15)10-24-20(23-2)25-11-14-8-17-18(28-12-27-17)9-16(14)29-19(21)22;/h4-9,19H,3,10-12H2,1-2H3,(H2,23,24,25);1H. The molecule has 3 rings (SSSR count). The minimum atomic E-state index is -2.94. The maximum atomic E-state index is 12.8. The van der Waals surface area contributed by atoms with Crippen LogP contribution in [0, 0.1) is 0 Å². The highest BCUT2D eigenvalue weighted by Crippen LogP contribution is 2.38. The van der Waals surface area contributed by atoms with Gasteiger partial charge in [-0.25, -0.2) is 0 Å². The monoisotopic (exact) mass is 535 g/mol. The Hall–Kier alpha value is -2.50. The third kappa shape index (κ3) is 6.25. The molecule has 0 unspecified atom stereocenters. The summed E-state index contributed by atoms with van der Waals surface area (Å²) in [5.74, 6) is 2.17. The summed E-state index contributed by atoms with van der Waals surface area (Å²) in [5, 5.41) is 6.27. The zero-order valence-electron chi connectivity index (χ0n) is 16.6. The van der Waals surface area contributed by atoms with Gasteiger partial charge in [-0.2, -0.15) is 8.78 Å². The lowest BCUT2D eigenvalue weighted by atomic mass is 10.1. The van der Waals surface area contributed by atoms with Crippen molar-refractivity contribution in [2.24, 2.45) is 4.99 Å². The number of nitrogens with one attached hydrogen (secondary N) is 2. The van der Waals surface area contributed by atoms with Gasteiger partial charge in [0.1, 0.15) is 11.5 Å². The van der Waals surface area contributed by atoms with Crippen LogP contribution in [0.15, 0.2) is 41.4 Å². The van der Waals surface area contributed by atoms with E-state index in [0.29, 0.717) is 36.2 Å². The molecule has 2 N–H and O–H groups in total. The van der Waals surface area contributed by atoms with Crippen molar-refractivity contribution in [3.63, 3.8) is 0 Å². The molecule has 0 amide bonds. The van der Waals surface area contributed by atoms with Gasteiger partial charge < -0.3 is 29.6 Å². The lowest BCUT2D eigenvalue weighted by molar-refractivity contribution is -0.0505. The number of halogens is 3. The molecule has 1 aliphatic heterocycles. The lowest BCUT2D eigenvalue weighted by Gasteiger charge is -2.16. The van der Waals surface area contributed by atoms with E-state index in [0.717, 1.165) is 11.3 Å². The van der Waals surface area contributed by atoms with Crippen LogP contribution in [0.1, 0.15) is 18.1 Å². The van der Waals surface area contributed by atoms with Crippen LogP contribution in [0.25, 0.3) is 0 Å². The summed E-state index contributed by atoms with van der Waals surface area (Å²) in [4.78, 5) is 4.17. The van der Waals surface area contributed by atoms with Crippen molar-refractivity contribution in [1.82, 2.24) is 10.6 Å². The highest BCUT2D eigenvalue weighted by Gasteiger charge is 2.20. The Morgan fingerprint density at radius 3 is 2.40 bits per heavy atom. The predicted molar refractivity (Wildman–Crippen MR) is 119 cm³/mol. The first-order chi connectivity index (χ1) is 14.1. The first-order valence-electron chi connectivity index (χ1n) is 9.13. The van der Waals surface area contributed by atoms with E-state index in [4.69, 9.17) is 14.2 Å². The van der Waals surface area contributed by atoms with Crippen molar-refractivity contribution in [3.05, 3.63) is 47.5 Å². The highest BCUT2D eigenvalue weighted by molar-refractivity contribution is 14.0. The number of rotatable bonds is 8. The van der Waals surface area contributed by atoms with Crippen LogP contribution in [0.5, 0.6) is 23.0 Å². The third-order valence-electron chi connectivity index (χ3n) is 4.16. The van der Waals surface area contributed by atoms with E-state index in [2.05, 4.69) is 20.4 Å². The molecule has 0 bridgehead atoms. The van der Waals surface area contributed by atoms with Gasteiger partial charge in [-0.05, 0) is 19.1 Å². The summed E-state index contributed by atoms with van der Waals surface area (Å²) in [6.07, 6.45) is 0. The molecule has 0 aliphatic carbocycles. The van der Waals surface area contributed by atoms with E-state index in [1.54, 1.807) is 13.1 Å². The summed E-state index contributed by atoms with van der Waals surface area (Å²) in [5.41, 5.74) is 1.47. The van der Waals surface area contributed by atoms with Crippen molar-refractivity contribution in [2.75, 3.05) is 20.4 Å². The molecule has 164 valence electrons. The summed E-state index contributed by atoms with van der Waals surface area (Å²) in [7, 11) is 1.62. The molecule has 0 atom stereocenters. The van der Waals surface area contributed by atoms with Crippen LogP contribution in [0.3, 0.4) is 0 Å². The molecule has 30 heavy (non-hydrogen) atoms. The summed E-state index contributed by atoms with van der Waals surface area (Å²) in [6.45, 7) is 0.281. The van der Waals surface area contributed by atoms with Crippen molar-refractivity contribution in [3.8, 4) is 23.0 Å². The molecule has 2 aromatic carbocycles. The number of para-hydroxylation sites is 1. The van der Waals surface area contributed by atoms with Crippen LogP contribution < -0.4 is 29.6 Å². The fourth-order valence-corrected chi connectivity index (χ4v) is 2.83. The van der Waals surface area contributed by atoms with E-state index < -0.39 is 6.61 Å². The summed E-state index contributed by atoms with van der Waals surface area (Å²) in [6, 6.07) is 10.7. The molecular weight excluding hydrogens is 511 g/mol. The molecule has 0 aromatic heterocycles. The topological polar surface area (TPSA) is 73.3 Å². The number of benzene rings is 2. The average Bonchev–Trinajstić information content (AvgIpc) is 3.16. The number of aliphatic imine (C=N–C) groups is 1. The van der Waals surface area contributed by atoms with Crippen LogP contribution in [0.2, 0.25) is 0 Å². The Bertz CT molecular complexity index is 868. The second kappa shape index (κ2) is 11.6. The highest BCUT2D eigenvalue weighted by atomic mass is 127. The van der Waals surface area contributed by atoms with Crippen molar-refractivity contribution >= 4 is 29.9 Å². The maximum Gasteiger partial charge on any atom is 0.387 e. The van der Waals surface area contributed by atoms with Crippen molar-refractivity contribution < 1.29 is 27.7 Å². The minimum absolute atomic E-state index is 0. The molecule has 1 aliphatic rings. The molecule has 7 nitrogen and oxygen atoms in total. The minimum Gasteiger partial charge on any atom is -0.494 e. The fraction of sp³-hybridized carbons (Fsp3) is 0.350. The van der Waals surface area contributed by atoms with E-state index >= 15 is 0 Å². The van der Waals surface area contributed by atoms with Gasteiger partial charge in [0.15, 0.2) is 17.5 Å². The Kier molecular flexibility index (Phi) is 9.21. The SMILES string of the molecule is CCOc1ccccc1CNC(=NC)NCc1cc2c(cc1OC(F)F)OCO2.I. The van der Waals surface area contributed by atoms with Crippen molar-refractivity contribution in [1.29, 1.82) is 0 Å². The smallest absolute Gasteiger partial charge is 0.387 e. The average molecular weight is 535 g/mol. The van der Waals surface area contributed by atoms with Gasteiger partial charge in [0.05, 0.1) is 6.61 Å². The molecule has 10 heteroatoms. The quantitative estimate of drug-likeness (QED) is 0.304. The van der Waals surface area contributed by atoms with Gasteiger partial charge in [-0.15, -0.1) is 24.0 Å². The van der Waals surface area contributed by atoms with Gasteiger partial charge in [0.2, 0.25) is 6.79 Å². The molecule has 0 saturated heterocycles. The first-order valence-corrected chi connectivity index (χ1v) is 9.13. The largest absolute Gasteiger partial charge is 0.494 e. The van der Waals surface area contributed by atoms with E-state index in [-0.39, 0.29) is 43.1 Å². The number of guanidine groups is 1. The normalized spacial score (nSPS) is 12.4. The van der Waals surface area contributed by atoms with Gasteiger partial charge in [0.25, 0.3) is 0 Å². The van der Waals surface area contributed by atoms with Crippen LogP contribution in [0.4, 0.5) is 8.78 Å². The Morgan fingerprint density at radius 2 is 1.73 bits per heavy atom. The Morgan fingerprint density at radius 1 is 1.07 bits per heavy atom. The summed E-state index contributed by atoms with van der Waals surface area (Å²) < 4.78 is 46.3. The Balaban J connectivity index is 0.00000320. The maximum absolute atomic E-state index is 12.8. The molecule has 1 heterocycles. The molecule has 0 spiro atoms. The van der Waals surface area contributed by atoms with E-state index in [9.17, 15) is 8.78 Å². The number of fused-ring (bicyclic) bond motifs is 1. The second-order valence-corrected chi connectivity index (χ2v) is 6.01. The van der Waals surface area contributed by atoms with Gasteiger partial charge in [0, 0.05) is 37.3 Å². The molecule has 0 saturated carbocycles. The molecule has 2 aromatic rings. The molecule has 0 radical (unpaired) electrons. The molecule has 0 fully saturated rings. The fourth-order valence-electron chi connectivity index (χ4n) is 2.83. The van der Waals surface area contributed by atoms with Crippen molar-refractivity contribution in [2.45, 2.75) is 26.6 Å². The lowest BCUT2D eigenvalue weighted by Crippen LogP contribution is -2.36. The second-order valence-electron chi connectivity index (χ2n) is 6.01. The van der Waals surface area contributed by atoms with Gasteiger partial charge >= 0.3 is 6.61 Å². The number of hydrogen-bond acceptors (Lipinski definition) is 5.